The fraction of sp³-hybridized carbons (Fsp3) is 0.667. The predicted octanol–water partition coefficient (Wildman–Crippen LogP) is 0.397. The Morgan fingerprint density at radius 2 is 2.12 bits per heavy atom. The fourth-order valence-corrected chi connectivity index (χ4v) is 2.24. The van der Waals surface area contributed by atoms with Gasteiger partial charge in [0.2, 0.25) is 5.91 Å². The van der Waals surface area contributed by atoms with Gasteiger partial charge in [-0.2, -0.15) is 0 Å². The smallest absolute Gasteiger partial charge is 0.242 e. The van der Waals surface area contributed by atoms with Crippen LogP contribution in [0.15, 0.2) is 12.5 Å². The molecule has 1 aromatic rings. The van der Waals surface area contributed by atoms with E-state index in [1.807, 2.05) is 9.47 Å². The van der Waals surface area contributed by atoms with Crippen LogP contribution in [-0.2, 0) is 17.8 Å². The zero-order chi connectivity index (χ0) is 12.1. The van der Waals surface area contributed by atoms with Crippen LogP contribution >= 0.6 is 0 Å². The van der Waals surface area contributed by atoms with Gasteiger partial charge in [0.25, 0.3) is 0 Å². The first kappa shape index (κ1) is 12.1. The number of nitrogens with zero attached hydrogens (tertiary/aromatic N) is 3. The van der Waals surface area contributed by atoms with Crippen LogP contribution in [0.4, 0.5) is 0 Å². The molecule has 1 aliphatic rings. The van der Waals surface area contributed by atoms with Gasteiger partial charge in [-0.1, -0.05) is 0 Å². The quantitative estimate of drug-likeness (QED) is 0.823. The Bertz CT molecular complexity index is 368. The van der Waals surface area contributed by atoms with Gasteiger partial charge in [-0.25, -0.2) is 4.98 Å². The molecule has 1 amide bonds. The SMILES string of the molecule is NCCc1cncn1CC(=O)N1CCCCC1. The van der Waals surface area contributed by atoms with E-state index in [0.717, 1.165) is 38.0 Å². The largest absolute Gasteiger partial charge is 0.341 e. The summed E-state index contributed by atoms with van der Waals surface area (Å²) in [4.78, 5) is 18.1. The van der Waals surface area contributed by atoms with Crippen molar-refractivity contribution in [1.29, 1.82) is 0 Å². The highest BCUT2D eigenvalue weighted by Gasteiger charge is 2.17. The van der Waals surface area contributed by atoms with Crippen LogP contribution in [-0.4, -0.2) is 40.0 Å². The van der Waals surface area contributed by atoms with E-state index in [0.29, 0.717) is 13.1 Å². The number of rotatable bonds is 4. The summed E-state index contributed by atoms with van der Waals surface area (Å²) in [5.74, 6) is 0.195. The molecule has 0 bridgehead atoms. The minimum absolute atomic E-state index is 0.195. The molecule has 0 atom stereocenters. The molecular formula is C12H20N4O. The van der Waals surface area contributed by atoms with E-state index in [-0.39, 0.29) is 5.91 Å². The molecule has 2 heterocycles. The highest BCUT2D eigenvalue weighted by atomic mass is 16.2. The van der Waals surface area contributed by atoms with Crippen LogP contribution in [0.25, 0.3) is 0 Å². The number of amides is 1. The van der Waals surface area contributed by atoms with Crippen molar-refractivity contribution in [2.75, 3.05) is 19.6 Å². The summed E-state index contributed by atoms with van der Waals surface area (Å²) in [6, 6.07) is 0. The minimum atomic E-state index is 0.195. The van der Waals surface area contributed by atoms with Crippen LogP contribution in [0, 0.1) is 0 Å². The van der Waals surface area contributed by atoms with Crippen molar-refractivity contribution >= 4 is 5.91 Å². The Labute approximate surface area is 102 Å². The molecule has 94 valence electrons. The molecule has 5 heteroatoms. The zero-order valence-electron chi connectivity index (χ0n) is 10.1. The molecule has 0 unspecified atom stereocenters. The summed E-state index contributed by atoms with van der Waals surface area (Å²) in [6.45, 7) is 2.79. The highest BCUT2D eigenvalue weighted by Crippen LogP contribution is 2.10. The fourth-order valence-electron chi connectivity index (χ4n) is 2.24. The lowest BCUT2D eigenvalue weighted by molar-refractivity contribution is -0.132. The lowest BCUT2D eigenvalue weighted by Crippen LogP contribution is -2.38. The van der Waals surface area contributed by atoms with Crippen LogP contribution in [0.2, 0.25) is 0 Å². The number of likely N-dealkylation sites (tertiary alicyclic amines) is 1. The molecular weight excluding hydrogens is 216 g/mol. The van der Waals surface area contributed by atoms with Gasteiger partial charge in [-0.05, 0) is 25.8 Å². The molecule has 2 rings (SSSR count). The Morgan fingerprint density at radius 3 is 2.82 bits per heavy atom. The lowest BCUT2D eigenvalue weighted by atomic mass is 10.1. The molecule has 0 saturated carbocycles. The topological polar surface area (TPSA) is 64.1 Å². The van der Waals surface area contributed by atoms with Crippen molar-refractivity contribution in [2.45, 2.75) is 32.2 Å². The second-order valence-corrected chi connectivity index (χ2v) is 4.49. The van der Waals surface area contributed by atoms with E-state index in [9.17, 15) is 4.79 Å². The average molecular weight is 236 g/mol. The van der Waals surface area contributed by atoms with Gasteiger partial charge in [0.15, 0.2) is 0 Å². The molecule has 1 aromatic heterocycles. The van der Waals surface area contributed by atoms with E-state index in [1.54, 1.807) is 12.5 Å². The van der Waals surface area contributed by atoms with Crippen molar-refractivity contribution in [3.8, 4) is 0 Å². The van der Waals surface area contributed by atoms with Gasteiger partial charge in [-0.3, -0.25) is 4.79 Å². The molecule has 0 aromatic carbocycles. The number of carbonyl (C=O) groups excluding carboxylic acids is 1. The van der Waals surface area contributed by atoms with E-state index in [2.05, 4.69) is 4.98 Å². The maximum absolute atomic E-state index is 12.1. The third-order valence-electron chi connectivity index (χ3n) is 3.21. The predicted molar refractivity (Wildman–Crippen MR) is 65.4 cm³/mol. The normalized spacial score (nSPS) is 16.2. The zero-order valence-corrected chi connectivity index (χ0v) is 10.1. The molecule has 1 saturated heterocycles. The number of hydrogen-bond acceptors (Lipinski definition) is 3. The maximum atomic E-state index is 12.1. The first-order valence-electron chi connectivity index (χ1n) is 6.28. The molecule has 1 aliphatic heterocycles. The number of imidazole rings is 1. The molecule has 5 nitrogen and oxygen atoms in total. The Morgan fingerprint density at radius 1 is 1.35 bits per heavy atom. The minimum Gasteiger partial charge on any atom is -0.341 e. The molecule has 0 spiro atoms. The van der Waals surface area contributed by atoms with Crippen LogP contribution in [0.3, 0.4) is 0 Å². The summed E-state index contributed by atoms with van der Waals surface area (Å²) in [6.07, 6.45) is 7.78. The maximum Gasteiger partial charge on any atom is 0.242 e. The Kier molecular flexibility index (Phi) is 4.14. The van der Waals surface area contributed by atoms with Gasteiger partial charge in [0, 0.05) is 31.4 Å². The lowest BCUT2D eigenvalue weighted by Gasteiger charge is -2.27. The monoisotopic (exact) mass is 236 g/mol. The molecule has 0 radical (unpaired) electrons. The first-order chi connectivity index (χ1) is 8.31. The first-order valence-corrected chi connectivity index (χ1v) is 6.28. The van der Waals surface area contributed by atoms with Crippen molar-refractivity contribution in [1.82, 2.24) is 14.5 Å². The highest BCUT2D eigenvalue weighted by molar-refractivity contribution is 5.76. The third kappa shape index (κ3) is 3.06. The van der Waals surface area contributed by atoms with Gasteiger partial charge in [-0.15, -0.1) is 0 Å². The number of hydrogen-bond donors (Lipinski definition) is 1. The van der Waals surface area contributed by atoms with Crippen LogP contribution in [0.5, 0.6) is 0 Å². The summed E-state index contributed by atoms with van der Waals surface area (Å²) in [5.41, 5.74) is 6.57. The van der Waals surface area contributed by atoms with E-state index in [1.165, 1.54) is 6.42 Å². The standard InChI is InChI=1S/C12H20N4O/c13-5-4-11-8-14-10-16(11)9-12(17)15-6-2-1-3-7-15/h8,10H,1-7,9,13H2. The van der Waals surface area contributed by atoms with E-state index in [4.69, 9.17) is 5.73 Å². The van der Waals surface area contributed by atoms with E-state index >= 15 is 0 Å². The summed E-state index contributed by atoms with van der Waals surface area (Å²) in [5, 5.41) is 0. The Balaban J connectivity index is 1.94. The second-order valence-electron chi connectivity index (χ2n) is 4.49. The van der Waals surface area contributed by atoms with Gasteiger partial charge in [0.05, 0.1) is 6.33 Å². The summed E-state index contributed by atoms with van der Waals surface area (Å²) >= 11 is 0. The molecule has 17 heavy (non-hydrogen) atoms. The van der Waals surface area contributed by atoms with Crippen molar-refractivity contribution in [3.05, 3.63) is 18.2 Å². The van der Waals surface area contributed by atoms with E-state index < -0.39 is 0 Å². The summed E-state index contributed by atoms with van der Waals surface area (Å²) < 4.78 is 1.91. The number of nitrogens with two attached hydrogens (primary N) is 1. The van der Waals surface area contributed by atoms with Crippen LogP contribution < -0.4 is 5.73 Å². The van der Waals surface area contributed by atoms with Crippen LogP contribution in [0.1, 0.15) is 25.0 Å². The summed E-state index contributed by atoms with van der Waals surface area (Å²) in [7, 11) is 0. The van der Waals surface area contributed by atoms with Gasteiger partial charge < -0.3 is 15.2 Å². The Hall–Kier alpha value is -1.36. The number of carbonyl (C=O) groups is 1. The molecule has 2 N–H and O–H groups in total. The third-order valence-corrected chi connectivity index (χ3v) is 3.21. The number of aromatic nitrogens is 2. The van der Waals surface area contributed by atoms with Crippen molar-refractivity contribution < 1.29 is 4.79 Å². The van der Waals surface area contributed by atoms with Gasteiger partial charge >= 0.3 is 0 Å². The molecule has 0 aliphatic carbocycles. The molecule has 1 fully saturated rings. The number of piperidine rings is 1. The van der Waals surface area contributed by atoms with Crippen molar-refractivity contribution in [3.63, 3.8) is 0 Å². The average Bonchev–Trinajstić information content (AvgIpc) is 2.78. The van der Waals surface area contributed by atoms with Gasteiger partial charge in [0.1, 0.15) is 6.54 Å². The van der Waals surface area contributed by atoms with Crippen molar-refractivity contribution in [2.24, 2.45) is 5.73 Å². The second kappa shape index (κ2) is 5.82.